The summed E-state index contributed by atoms with van der Waals surface area (Å²) < 4.78 is 0. The summed E-state index contributed by atoms with van der Waals surface area (Å²) in [4.78, 5) is 3.17. The van der Waals surface area contributed by atoms with Gasteiger partial charge in [0.25, 0.3) is 0 Å². The van der Waals surface area contributed by atoms with Crippen LogP contribution in [0.15, 0.2) is 36.5 Å². The predicted octanol–water partition coefficient (Wildman–Crippen LogP) is 3.44. The van der Waals surface area contributed by atoms with Gasteiger partial charge in [-0.3, -0.25) is 0 Å². The van der Waals surface area contributed by atoms with Crippen LogP contribution in [0.1, 0.15) is 12.5 Å². The van der Waals surface area contributed by atoms with Crippen molar-refractivity contribution in [3.63, 3.8) is 0 Å². The van der Waals surface area contributed by atoms with Crippen LogP contribution in [0.4, 0.5) is 0 Å². The number of hydrogen-bond acceptors (Lipinski definition) is 1. The van der Waals surface area contributed by atoms with Gasteiger partial charge in [0.05, 0.1) is 0 Å². The first-order valence-corrected chi connectivity index (χ1v) is 5.82. The quantitative estimate of drug-likeness (QED) is 0.833. The molecule has 2 N–H and O–H groups in total. The van der Waals surface area contributed by atoms with Crippen molar-refractivity contribution in [1.82, 2.24) is 10.3 Å². The third-order valence-corrected chi connectivity index (χ3v) is 2.88. The number of benzene rings is 1. The van der Waals surface area contributed by atoms with Crippen LogP contribution in [0.25, 0.3) is 11.3 Å². The molecule has 0 saturated heterocycles. The zero-order chi connectivity index (χ0) is 11.4. The minimum absolute atomic E-state index is 0.813. The first kappa shape index (κ1) is 11.2. The van der Waals surface area contributed by atoms with Crippen LogP contribution >= 0.6 is 11.6 Å². The maximum atomic E-state index is 6.23. The molecule has 3 heteroatoms. The van der Waals surface area contributed by atoms with E-state index in [-0.39, 0.29) is 0 Å². The molecular weight excluding hydrogens is 220 g/mol. The van der Waals surface area contributed by atoms with Gasteiger partial charge in [0.1, 0.15) is 0 Å². The SMILES string of the molecule is CCNCc1ccc(-c2ccc[nH]2)cc1Cl. The van der Waals surface area contributed by atoms with Crippen LogP contribution in [-0.2, 0) is 6.54 Å². The van der Waals surface area contributed by atoms with Crippen molar-refractivity contribution in [1.29, 1.82) is 0 Å². The lowest BCUT2D eigenvalue weighted by atomic mass is 10.1. The Kier molecular flexibility index (Phi) is 3.65. The Balaban J connectivity index is 2.23. The molecule has 1 aromatic carbocycles. The van der Waals surface area contributed by atoms with Crippen molar-refractivity contribution < 1.29 is 0 Å². The topological polar surface area (TPSA) is 27.8 Å². The molecule has 2 nitrogen and oxygen atoms in total. The van der Waals surface area contributed by atoms with E-state index in [9.17, 15) is 0 Å². The van der Waals surface area contributed by atoms with E-state index in [1.165, 1.54) is 0 Å². The summed E-state index contributed by atoms with van der Waals surface area (Å²) in [6, 6.07) is 10.2. The zero-order valence-corrected chi connectivity index (χ0v) is 10.0. The van der Waals surface area contributed by atoms with E-state index >= 15 is 0 Å². The van der Waals surface area contributed by atoms with E-state index in [2.05, 4.69) is 29.4 Å². The fourth-order valence-corrected chi connectivity index (χ4v) is 1.88. The van der Waals surface area contributed by atoms with Gasteiger partial charge in [0.15, 0.2) is 0 Å². The first-order valence-electron chi connectivity index (χ1n) is 5.44. The molecule has 2 rings (SSSR count). The number of nitrogens with one attached hydrogen (secondary N) is 2. The molecule has 1 aromatic heterocycles. The van der Waals surface area contributed by atoms with Gasteiger partial charge in [-0.05, 0) is 35.9 Å². The van der Waals surface area contributed by atoms with E-state index < -0.39 is 0 Å². The highest BCUT2D eigenvalue weighted by Gasteiger charge is 2.03. The molecule has 0 aliphatic carbocycles. The molecular formula is C13H15ClN2. The number of aromatic amines is 1. The molecule has 2 aromatic rings. The maximum Gasteiger partial charge on any atom is 0.0457 e. The van der Waals surface area contributed by atoms with Crippen LogP contribution in [0.2, 0.25) is 5.02 Å². The van der Waals surface area contributed by atoms with Crippen LogP contribution in [0.3, 0.4) is 0 Å². The van der Waals surface area contributed by atoms with E-state index in [0.29, 0.717) is 0 Å². The second kappa shape index (κ2) is 5.19. The Bertz CT molecular complexity index is 449. The standard InChI is InChI=1S/C13H15ClN2/c1-2-15-9-11-6-5-10(8-12(11)14)13-4-3-7-16-13/h3-8,15-16H,2,9H2,1H3. The molecule has 0 saturated carbocycles. The lowest BCUT2D eigenvalue weighted by Crippen LogP contribution is -2.11. The van der Waals surface area contributed by atoms with Gasteiger partial charge < -0.3 is 10.3 Å². The van der Waals surface area contributed by atoms with Gasteiger partial charge in [-0.1, -0.05) is 30.7 Å². The van der Waals surface area contributed by atoms with Crippen LogP contribution in [-0.4, -0.2) is 11.5 Å². The highest BCUT2D eigenvalue weighted by molar-refractivity contribution is 6.31. The molecule has 0 radical (unpaired) electrons. The summed E-state index contributed by atoms with van der Waals surface area (Å²) in [5.41, 5.74) is 3.35. The molecule has 1 heterocycles. The highest BCUT2D eigenvalue weighted by atomic mass is 35.5. The van der Waals surface area contributed by atoms with Crippen LogP contribution < -0.4 is 5.32 Å². The largest absolute Gasteiger partial charge is 0.361 e. The van der Waals surface area contributed by atoms with Crippen molar-refractivity contribution >= 4 is 11.6 Å². The van der Waals surface area contributed by atoms with Gasteiger partial charge in [0, 0.05) is 23.5 Å². The van der Waals surface area contributed by atoms with Crippen molar-refractivity contribution in [2.45, 2.75) is 13.5 Å². The summed E-state index contributed by atoms with van der Waals surface area (Å²) in [5.74, 6) is 0. The molecule has 0 fully saturated rings. The Labute approximate surface area is 101 Å². The molecule has 0 bridgehead atoms. The molecule has 0 spiro atoms. The average molecular weight is 235 g/mol. The van der Waals surface area contributed by atoms with Crippen LogP contribution in [0.5, 0.6) is 0 Å². The summed E-state index contributed by atoms with van der Waals surface area (Å²) in [7, 11) is 0. The van der Waals surface area contributed by atoms with Crippen molar-refractivity contribution in [2.75, 3.05) is 6.54 Å². The second-order valence-electron chi connectivity index (χ2n) is 3.67. The molecule has 0 unspecified atom stereocenters. The van der Waals surface area contributed by atoms with E-state index in [1.54, 1.807) is 0 Å². The number of rotatable bonds is 4. The van der Waals surface area contributed by atoms with Crippen molar-refractivity contribution in [3.8, 4) is 11.3 Å². The van der Waals surface area contributed by atoms with Crippen molar-refractivity contribution in [2.24, 2.45) is 0 Å². The number of H-pyrrole nitrogens is 1. The Morgan fingerprint density at radius 1 is 1.31 bits per heavy atom. The molecule has 0 atom stereocenters. The third kappa shape index (κ3) is 2.46. The third-order valence-electron chi connectivity index (χ3n) is 2.53. The minimum Gasteiger partial charge on any atom is -0.361 e. The predicted molar refractivity (Wildman–Crippen MR) is 68.6 cm³/mol. The maximum absolute atomic E-state index is 6.23. The molecule has 0 aliphatic rings. The van der Waals surface area contributed by atoms with Gasteiger partial charge >= 0.3 is 0 Å². The van der Waals surface area contributed by atoms with Gasteiger partial charge in [-0.25, -0.2) is 0 Å². The van der Waals surface area contributed by atoms with Crippen LogP contribution in [0, 0.1) is 0 Å². The summed E-state index contributed by atoms with van der Waals surface area (Å²) in [6.07, 6.45) is 1.91. The van der Waals surface area contributed by atoms with Gasteiger partial charge in [0.2, 0.25) is 0 Å². The fourth-order valence-electron chi connectivity index (χ4n) is 1.63. The molecule has 0 aliphatic heterocycles. The molecule has 16 heavy (non-hydrogen) atoms. The summed E-state index contributed by atoms with van der Waals surface area (Å²) >= 11 is 6.23. The number of halogens is 1. The van der Waals surface area contributed by atoms with Gasteiger partial charge in [-0.15, -0.1) is 0 Å². The van der Waals surface area contributed by atoms with E-state index in [0.717, 1.165) is 34.9 Å². The lowest BCUT2D eigenvalue weighted by Gasteiger charge is -2.06. The number of hydrogen-bond donors (Lipinski definition) is 2. The van der Waals surface area contributed by atoms with E-state index in [4.69, 9.17) is 11.6 Å². The monoisotopic (exact) mass is 234 g/mol. The fraction of sp³-hybridized carbons (Fsp3) is 0.231. The highest BCUT2D eigenvalue weighted by Crippen LogP contribution is 2.24. The zero-order valence-electron chi connectivity index (χ0n) is 9.26. The second-order valence-corrected chi connectivity index (χ2v) is 4.08. The lowest BCUT2D eigenvalue weighted by molar-refractivity contribution is 0.727. The normalized spacial score (nSPS) is 10.6. The van der Waals surface area contributed by atoms with Gasteiger partial charge in [-0.2, -0.15) is 0 Å². The minimum atomic E-state index is 0.813. The number of aromatic nitrogens is 1. The first-order chi connectivity index (χ1) is 7.81. The Morgan fingerprint density at radius 3 is 2.81 bits per heavy atom. The summed E-state index contributed by atoms with van der Waals surface area (Å²) in [6.45, 7) is 3.86. The van der Waals surface area contributed by atoms with Crippen molar-refractivity contribution in [3.05, 3.63) is 47.1 Å². The molecule has 84 valence electrons. The average Bonchev–Trinajstić information content (AvgIpc) is 2.81. The molecule has 0 amide bonds. The smallest absolute Gasteiger partial charge is 0.0457 e. The van der Waals surface area contributed by atoms with E-state index in [1.807, 2.05) is 24.4 Å². The summed E-state index contributed by atoms with van der Waals surface area (Å²) in [5, 5.41) is 4.08. The Morgan fingerprint density at radius 2 is 2.19 bits per heavy atom. The Hall–Kier alpha value is -1.25.